The summed E-state index contributed by atoms with van der Waals surface area (Å²) in [5, 5.41) is 8.19. The van der Waals surface area contributed by atoms with Gasteiger partial charge in [-0.1, -0.05) is 28.1 Å². The third-order valence-electron chi connectivity index (χ3n) is 3.39. The molecule has 1 aliphatic rings. The third kappa shape index (κ3) is 2.06. The number of nitrogens with one attached hydrogen (secondary N) is 1. The zero-order valence-electron chi connectivity index (χ0n) is 10.4. The first-order valence-corrected chi connectivity index (χ1v) is 6.76. The predicted molar refractivity (Wildman–Crippen MR) is 78.3 cm³/mol. The smallest absolute Gasteiger partial charge is 0.133 e. The van der Waals surface area contributed by atoms with Gasteiger partial charge in [-0.2, -0.15) is 0 Å². The molecule has 0 aliphatic carbocycles. The molecule has 4 heteroatoms. The van der Waals surface area contributed by atoms with Gasteiger partial charge in [0.15, 0.2) is 0 Å². The average molecular weight is 319 g/mol. The van der Waals surface area contributed by atoms with Crippen LogP contribution in [0.5, 0.6) is 0 Å². The first kappa shape index (κ1) is 12.4. The molecule has 2 nitrogen and oxygen atoms in total. The van der Waals surface area contributed by atoms with Crippen molar-refractivity contribution in [2.45, 2.75) is 13.5 Å². The molecule has 0 aromatic heterocycles. The van der Waals surface area contributed by atoms with E-state index in [1.54, 1.807) is 6.07 Å². The van der Waals surface area contributed by atoms with Crippen LogP contribution in [0, 0.1) is 18.2 Å². The summed E-state index contributed by atoms with van der Waals surface area (Å²) in [6.45, 7) is 2.64. The van der Waals surface area contributed by atoms with Gasteiger partial charge in [0.2, 0.25) is 0 Å². The van der Waals surface area contributed by atoms with Crippen molar-refractivity contribution in [3.63, 3.8) is 0 Å². The Labute approximate surface area is 119 Å². The first-order valence-electron chi connectivity index (χ1n) is 5.97. The predicted octanol–water partition coefficient (Wildman–Crippen LogP) is 4.24. The first-order chi connectivity index (χ1) is 9.06. The summed E-state index contributed by atoms with van der Waals surface area (Å²) < 4.78 is 14.3. The molecular formula is C15H12BrFN2. The standard InChI is InChI=1S/C15H12BrFN2/c1-9-2-5-12(7-14(9)16)19-8-10-3-4-11(17)6-13(10)15(19)18/h2-7,18H,8H2,1H3. The van der Waals surface area contributed by atoms with E-state index < -0.39 is 0 Å². The molecule has 1 N–H and O–H groups in total. The number of hydrogen-bond acceptors (Lipinski definition) is 1. The highest BCUT2D eigenvalue weighted by Crippen LogP contribution is 2.31. The van der Waals surface area contributed by atoms with E-state index in [1.165, 1.54) is 12.1 Å². The molecule has 2 aromatic rings. The molecule has 0 saturated heterocycles. The fraction of sp³-hybridized carbons (Fsp3) is 0.133. The van der Waals surface area contributed by atoms with Gasteiger partial charge in [0.05, 0.1) is 6.54 Å². The van der Waals surface area contributed by atoms with E-state index in [-0.39, 0.29) is 5.82 Å². The van der Waals surface area contributed by atoms with Crippen LogP contribution in [-0.2, 0) is 6.54 Å². The van der Waals surface area contributed by atoms with Crippen molar-refractivity contribution in [2.24, 2.45) is 0 Å². The fourth-order valence-corrected chi connectivity index (χ4v) is 2.64. The average Bonchev–Trinajstić information content (AvgIpc) is 2.70. The SMILES string of the molecule is Cc1ccc(N2Cc3ccc(F)cc3C2=N)cc1Br. The number of halogens is 2. The van der Waals surface area contributed by atoms with Gasteiger partial charge < -0.3 is 4.90 Å². The highest BCUT2D eigenvalue weighted by Gasteiger charge is 2.25. The van der Waals surface area contributed by atoms with Crippen molar-refractivity contribution in [2.75, 3.05) is 4.90 Å². The maximum atomic E-state index is 13.3. The minimum atomic E-state index is -0.296. The van der Waals surface area contributed by atoms with Crippen LogP contribution in [0.25, 0.3) is 0 Å². The Bertz CT molecular complexity index is 682. The maximum absolute atomic E-state index is 13.3. The van der Waals surface area contributed by atoms with E-state index in [1.807, 2.05) is 30.0 Å². The van der Waals surface area contributed by atoms with Crippen molar-refractivity contribution < 1.29 is 4.39 Å². The van der Waals surface area contributed by atoms with Gasteiger partial charge in [-0.15, -0.1) is 0 Å². The molecule has 19 heavy (non-hydrogen) atoms. The zero-order chi connectivity index (χ0) is 13.6. The number of amidine groups is 1. The lowest BCUT2D eigenvalue weighted by Crippen LogP contribution is -2.23. The Morgan fingerprint density at radius 2 is 2.00 bits per heavy atom. The number of rotatable bonds is 1. The van der Waals surface area contributed by atoms with E-state index >= 15 is 0 Å². The van der Waals surface area contributed by atoms with E-state index in [0.29, 0.717) is 17.9 Å². The van der Waals surface area contributed by atoms with Crippen LogP contribution in [0.3, 0.4) is 0 Å². The molecule has 0 saturated carbocycles. The van der Waals surface area contributed by atoms with Crippen molar-refractivity contribution in [3.05, 3.63) is 63.4 Å². The molecule has 2 aromatic carbocycles. The molecule has 0 radical (unpaired) electrons. The zero-order valence-corrected chi connectivity index (χ0v) is 12.0. The van der Waals surface area contributed by atoms with Crippen LogP contribution in [-0.4, -0.2) is 5.84 Å². The van der Waals surface area contributed by atoms with Crippen molar-refractivity contribution in [1.82, 2.24) is 0 Å². The van der Waals surface area contributed by atoms with Gasteiger partial charge in [0, 0.05) is 15.7 Å². The Morgan fingerprint density at radius 3 is 2.74 bits per heavy atom. The number of fused-ring (bicyclic) bond motifs is 1. The molecule has 1 aliphatic heterocycles. The van der Waals surface area contributed by atoms with Crippen LogP contribution in [0.1, 0.15) is 16.7 Å². The van der Waals surface area contributed by atoms with Crippen molar-refractivity contribution in [1.29, 1.82) is 5.41 Å². The van der Waals surface area contributed by atoms with Crippen LogP contribution in [0.2, 0.25) is 0 Å². The lowest BCUT2D eigenvalue weighted by Gasteiger charge is -2.18. The molecule has 3 rings (SSSR count). The van der Waals surface area contributed by atoms with Crippen LogP contribution in [0.4, 0.5) is 10.1 Å². The lowest BCUT2D eigenvalue weighted by molar-refractivity contribution is 0.627. The van der Waals surface area contributed by atoms with E-state index in [0.717, 1.165) is 21.3 Å². The second-order valence-electron chi connectivity index (χ2n) is 4.67. The number of hydrogen-bond donors (Lipinski definition) is 1. The van der Waals surface area contributed by atoms with E-state index in [9.17, 15) is 4.39 Å². The van der Waals surface area contributed by atoms with Gasteiger partial charge >= 0.3 is 0 Å². The molecule has 0 amide bonds. The summed E-state index contributed by atoms with van der Waals surface area (Å²) in [4.78, 5) is 1.88. The molecule has 0 unspecified atom stereocenters. The minimum Gasteiger partial charge on any atom is -0.322 e. The lowest BCUT2D eigenvalue weighted by atomic mass is 10.1. The molecule has 96 valence electrons. The Balaban J connectivity index is 2.01. The van der Waals surface area contributed by atoms with Gasteiger partial charge in [0.25, 0.3) is 0 Å². The van der Waals surface area contributed by atoms with Gasteiger partial charge in [0.1, 0.15) is 11.7 Å². The number of nitrogens with zero attached hydrogens (tertiary/aromatic N) is 1. The summed E-state index contributed by atoms with van der Waals surface area (Å²) >= 11 is 3.50. The molecular weight excluding hydrogens is 307 g/mol. The van der Waals surface area contributed by atoms with Crippen LogP contribution < -0.4 is 4.90 Å². The summed E-state index contributed by atoms with van der Waals surface area (Å²) in [6.07, 6.45) is 0. The van der Waals surface area contributed by atoms with E-state index in [4.69, 9.17) is 5.41 Å². The van der Waals surface area contributed by atoms with Crippen molar-refractivity contribution in [3.8, 4) is 0 Å². The summed E-state index contributed by atoms with van der Waals surface area (Å²) in [6, 6.07) is 10.6. The quantitative estimate of drug-likeness (QED) is 0.836. The topological polar surface area (TPSA) is 27.1 Å². The second kappa shape index (κ2) is 4.46. The summed E-state index contributed by atoms with van der Waals surface area (Å²) in [5.74, 6) is 0.0562. The Kier molecular flexibility index (Phi) is 2.90. The normalized spacial score (nSPS) is 13.8. The molecule has 0 fully saturated rings. The summed E-state index contributed by atoms with van der Waals surface area (Å²) in [7, 11) is 0. The molecule has 0 atom stereocenters. The van der Waals surface area contributed by atoms with Crippen LogP contribution in [0.15, 0.2) is 40.9 Å². The maximum Gasteiger partial charge on any atom is 0.133 e. The number of aryl methyl sites for hydroxylation is 1. The molecule has 1 heterocycles. The Morgan fingerprint density at radius 1 is 1.21 bits per heavy atom. The second-order valence-corrected chi connectivity index (χ2v) is 5.52. The molecule has 0 bridgehead atoms. The largest absolute Gasteiger partial charge is 0.322 e. The third-order valence-corrected chi connectivity index (χ3v) is 4.25. The molecule has 0 spiro atoms. The number of anilines is 1. The number of benzene rings is 2. The highest BCUT2D eigenvalue weighted by molar-refractivity contribution is 9.10. The monoisotopic (exact) mass is 318 g/mol. The Hall–Kier alpha value is -1.68. The highest BCUT2D eigenvalue weighted by atomic mass is 79.9. The van der Waals surface area contributed by atoms with Gasteiger partial charge in [-0.05, 0) is 42.3 Å². The fourth-order valence-electron chi connectivity index (χ4n) is 2.27. The van der Waals surface area contributed by atoms with Crippen LogP contribution >= 0.6 is 15.9 Å². The van der Waals surface area contributed by atoms with Gasteiger partial charge in [-0.25, -0.2) is 4.39 Å². The van der Waals surface area contributed by atoms with Crippen molar-refractivity contribution >= 4 is 27.5 Å². The minimum absolute atomic E-state index is 0.296. The van der Waals surface area contributed by atoms with Gasteiger partial charge in [-0.3, -0.25) is 5.41 Å². The summed E-state index contributed by atoms with van der Waals surface area (Å²) in [5.41, 5.74) is 3.76. The van der Waals surface area contributed by atoms with E-state index in [2.05, 4.69) is 15.9 Å².